The molecular weight excluding hydrogens is 213 g/mol. The van der Waals surface area contributed by atoms with Gasteiger partial charge in [-0.25, -0.2) is 4.79 Å². The summed E-state index contributed by atoms with van der Waals surface area (Å²) in [5.41, 5.74) is 0. The summed E-state index contributed by atoms with van der Waals surface area (Å²) in [6, 6.07) is -0.649. The first-order valence-corrected chi connectivity index (χ1v) is 5.03. The van der Waals surface area contributed by atoms with Crippen molar-refractivity contribution in [2.45, 2.75) is 36.4 Å². The average Bonchev–Trinajstić information content (AvgIpc) is 2.18. The molecule has 4 nitrogen and oxygen atoms in total. The van der Waals surface area contributed by atoms with Crippen LogP contribution in [0.5, 0.6) is 0 Å². The van der Waals surface area contributed by atoms with Crippen LogP contribution in [0.25, 0.3) is 0 Å². The monoisotopic (exact) mass is 225 g/mol. The molecule has 2 saturated heterocycles. The van der Waals surface area contributed by atoms with E-state index in [-0.39, 0.29) is 47.0 Å². The van der Waals surface area contributed by atoms with Crippen molar-refractivity contribution in [2.75, 3.05) is 0 Å². The zero-order valence-corrected chi connectivity index (χ0v) is 11.3. The number of aliphatic carboxylic acids is 1. The van der Waals surface area contributed by atoms with Gasteiger partial charge in [-0.3, -0.25) is 4.79 Å². The van der Waals surface area contributed by atoms with E-state index in [9.17, 15) is 9.59 Å². The van der Waals surface area contributed by atoms with Gasteiger partial charge in [0.1, 0.15) is 6.04 Å². The molecular formula is C8H12NNaO3S. The first kappa shape index (κ1) is 12.4. The molecule has 14 heavy (non-hydrogen) atoms. The van der Waals surface area contributed by atoms with Gasteiger partial charge in [0.25, 0.3) is 0 Å². The van der Waals surface area contributed by atoms with Gasteiger partial charge in [-0.1, -0.05) is 0 Å². The standard InChI is InChI=1S/C8H11NO3S.Na.H/c1-8(2)6(7(11)12)9-4(10)3-5(9)13-8;;/h5-6H,3H2,1-2H3,(H,11,12);;/q;+1;-1/t5-,6+;;/m1../s1. The molecule has 2 rings (SSSR count). The van der Waals surface area contributed by atoms with Crippen molar-refractivity contribution in [3.8, 4) is 0 Å². The third kappa shape index (κ3) is 1.60. The predicted octanol–water partition coefficient (Wildman–Crippen LogP) is -2.36. The molecule has 0 spiro atoms. The first-order chi connectivity index (χ1) is 5.93. The zero-order chi connectivity index (χ0) is 9.80. The van der Waals surface area contributed by atoms with Crippen LogP contribution in [0.2, 0.25) is 0 Å². The summed E-state index contributed by atoms with van der Waals surface area (Å²) in [6.45, 7) is 3.75. The molecule has 0 aromatic rings. The summed E-state index contributed by atoms with van der Waals surface area (Å²) in [4.78, 5) is 23.6. The maximum absolute atomic E-state index is 11.2. The van der Waals surface area contributed by atoms with Crippen molar-refractivity contribution in [1.82, 2.24) is 4.90 Å². The summed E-state index contributed by atoms with van der Waals surface area (Å²) in [7, 11) is 0. The fraction of sp³-hybridized carbons (Fsp3) is 0.750. The largest absolute Gasteiger partial charge is 1.00 e. The maximum Gasteiger partial charge on any atom is 1.00 e. The summed E-state index contributed by atoms with van der Waals surface area (Å²) in [5, 5.41) is 9.08. The Balaban J connectivity index is 0.000000980. The van der Waals surface area contributed by atoms with E-state index in [0.717, 1.165) is 0 Å². The van der Waals surface area contributed by atoms with E-state index in [1.54, 1.807) is 11.8 Å². The second-order valence-electron chi connectivity index (χ2n) is 3.92. The van der Waals surface area contributed by atoms with Gasteiger partial charge in [0.05, 0.1) is 11.8 Å². The van der Waals surface area contributed by atoms with Gasteiger partial charge in [0.2, 0.25) is 5.91 Å². The van der Waals surface area contributed by atoms with Crippen LogP contribution in [0.4, 0.5) is 0 Å². The van der Waals surface area contributed by atoms with Crippen LogP contribution in [0.15, 0.2) is 0 Å². The Hall–Kier alpha value is 0.290. The Labute approximate surface area is 110 Å². The Kier molecular flexibility index (Phi) is 3.27. The number of fused-ring (bicyclic) bond motifs is 1. The predicted molar refractivity (Wildman–Crippen MR) is 49.5 cm³/mol. The van der Waals surface area contributed by atoms with Crippen molar-refractivity contribution >= 4 is 23.6 Å². The minimum Gasteiger partial charge on any atom is -1.00 e. The number of hydrogen-bond donors (Lipinski definition) is 1. The fourth-order valence-corrected chi connectivity index (χ4v) is 3.60. The van der Waals surface area contributed by atoms with E-state index in [1.165, 1.54) is 4.90 Å². The Morgan fingerprint density at radius 3 is 2.64 bits per heavy atom. The molecule has 0 bridgehead atoms. The van der Waals surface area contributed by atoms with Crippen molar-refractivity contribution in [3.63, 3.8) is 0 Å². The summed E-state index contributed by atoms with van der Waals surface area (Å²) >= 11 is 1.58. The number of carboxylic acid groups (broad SMARTS) is 1. The van der Waals surface area contributed by atoms with Gasteiger partial charge >= 0.3 is 35.5 Å². The molecule has 2 aliphatic rings. The van der Waals surface area contributed by atoms with Gasteiger partial charge in [-0.15, -0.1) is 11.8 Å². The van der Waals surface area contributed by atoms with Crippen LogP contribution >= 0.6 is 11.8 Å². The number of β-lactam (4-membered cyclic amide) rings is 1. The second kappa shape index (κ2) is 3.70. The molecule has 0 radical (unpaired) electrons. The number of carbonyl (C=O) groups excluding carboxylic acids is 1. The van der Waals surface area contributed by atoms with Crippen molar-refractivity contribution in [2.24, 2.45) is 0 Å². The maximum atomic E-state index is 11.2. The molecule has 0 unspecified atom stereocenters. The van der Waals surface area contributed by atoms with Gasteiger partial charge in [0.15, 0.2) is 0 Å². The summed E-state index contributed by atoms with van der Waals surface area (Å²) < 4.78 is -0.358. The normalized spacial score (nSPS) is 33.0. The van der Waals surface area contributed by atoms with Crippen LogP contribution in [0.3, 0.4) is 0 Å². The average molecular weight is 225 g/mol. The second-order valence-corrected chi connectivity index (χ2v) is 5.75. The van der Waals surface area contributed by atoms with Crippen LogP contribution in [-0.2, 0) is 9.59 Å². The molecule has 2 atom stereocenters. The van der Waals surface area contributed by atoms with E-state index in [1.807, 2.05) is 13.8 Å². The van der Waals surface area contributed by atoms with E-state index in [0.29, 0.717) is 6.42 Å². The topological polar surface area (TPSA) is 57.6 Å². The Morgan fingerprint density at radius 2 is 2.29 bits per heavy atom. The molecule has 1 N–H and O–H groups in total. The van der Waals surface area contributed by atoms with Gasteiger partial charge < -0.3 is 11.4 Å². The SMILES string of the molecule is CC1(C)S[C@@H]2CC(=O)N2[C@H]1C(=O)O.[H-].[Na+]. The number of amides is 1. The van der Waals surface area contributed by atoms with Gasteiger partial charge in [0, 0.05) is 4.75 Å². The smallest absolute Gasteiger partial charge is 1.00 e. The minimum absolute atomic E-state index is 0. The number of carboxylic acids is 1. The molecule has 74 valence electrons. The Bertz CT molecular complexity index is 300. The summed E-state index contributed by atoms with van der Waals surface area (Å²) in [6.07, 6.45) is 0.498. The van der Waals surface area contributed by atoms with Gasteiger partial charge in [-0.05, 0) is 13.8 Å². The van der Waals surface area contributed by atoms with E-state index < -0.39 is 12.0 Å². The molecule has 6 heteroatoms. The molecule has 0 saturated carbocycles. The fourth-order valence-electron chi connectivity index (χ4n) is 1.98. The van der Waals surface area contributed by atoms with E-state index >= 15 is 0 Å². The van der Waals surface area contributed by atoms with Crippen molar-refractivity contribution in [1.29, 1.82) is 0 Å². The summed E-state index contributed by atoms with van der Waals surface area (Å²) in [5.74, 6) is -0.927. The van der Waals surface area contributed by atoms with E-state index in [4.69, 9.17) is 5.11 Å². The van der Waals surface area contributed by atoms with Gasteiger partial charge in [-0.2, -0.15) is 0 Å². The molecule has 0 aromatic carbocycles. The molecule has 2 aliphatic heterocycles. The number of rotatable bonds is 1. The molecule has 1 amide bonds. The number of nitrogens with zero attached hydrogens (tertiary/aromatic N) is 1. The molecule has 2 fully saturated rings. The third-order valence-corrected chi connectivity index (χ3v) is 4.05. The Morgan fingerprint density at radius 1 is 1.71 bits per heavy atom. The zero-order valence-electron chi connectivity index (χ0n) is 9.48. The van der Waals surface area contributed by atoms with Crippen molar-refractivity contribution in [3.05, 3.63) is 0 Å². The first-order valence-electron chi connectivity index (χ1n) is 4.15. The van der Waals surface area contributed by atoms with Crippen LogP contribution in [0, 0.1) is 0 Å². The molecule has 2 heterocycles. The van der Waals surface area contributed by atoms with E-state index in [2.05, 4.69) is 0 Å². The van der Waals surface area contributed by atoms with Crippen LogP contribution in [-0.4, -0.2) is 38.0 Å². The third-order valence-electron chi connectivity index (χ3n) is 2.56. The van der Waals surface area contributed by atoms with Crippen molar-refractivity contribution < 1.29 is 45.7 Å². The number of carbonyl (C=O) groups is 2. The molecule has 0 aromatic heterocycles. The number of hydrogen-bond acceptors (Lipinski definition) is 3. The minimum atomic E-state index is -0.895. The molecule has 0 aliphatic carbocycles. The number of thioether (sulfide) groups is 1. The quantitative estimate of drug-likeness (QED) is 0.401. The van der Waals surface area contributed by atoms with Crippen LogP contribution < -0.4 is 29.6 Å². The van der Waals surface area contributed by atoms with Crippen LogP contribution in [0.1, 0.15) is 21.7 Å².